The molecule has 0 heterocycles. The molecule has 1 atom stereocenters. The highest BCUT2D eigenvalue weighted by molar-refractivity contribution is 6.60. The molecule has 2 rings (SSSR count). The van der Waals surface area contributed by atoms with Gasteiger partial charge in [-0.15, -0.1) is 0 Å². The first kappa shape index (κ1) is 11.9. The monoisotopic (exact) mass is 232 g/mol. The van der Waals surface area contributed by atoms with Crippen LogP contribution in [0.25, 0.3) is 0 Å². The Morgan fingerprint density at radius 1 is 1.19 bits per heavy atom. The molecule has 0 amide bonds. The molecule has 16 heavy (non-hydrogen) atoms. The second kappa shape index (κ2) is 5.18. The molecule has 1 aliphatic carbocycles. The van der Waals surface area contributed by atoms with Crippen LogP contribution >= 0.6 is 0 Å². The van der Waals surface area contributed by atoms with Crippen LogP contribution in [0.15, 0.2) is 18.2 Å². The van der Waals surface area contributed by atoms with Crippen LogP contribution < -0.4 is 0 Å². The second-order valence-electron chi connectivity index (χ2n) is 5.35. The Hall–Kier alpha value is -0.563. The van der Waals surface area contributed by atoms with Gasteiger partial charge in [-0.1, -0.05) is 49.7 Å². The Balaban J connectivity index is 2.14. The Labute approximate surface area is 102 Å². The van der Waals surface area contributed by atoms with Crippen molar-refractivity contribution in [2.45, 2.75) is 57.7 Å². The van der Waals surface area contributed by atoms with Gasteiger partial charge in [0.25, 0.3) is 0 Å². The lowest BCUT2D eigenvalue weighted by Crippen LogP contribution is -2.24. The first-order chi connectivity index (χ1) is 7.74. The summed E-state index contributed by atoms with van der Waals surface area (Å²) in [6.07, 6.45) is 4.19. The summed E-state index contributed by atoms with van der Waals surface area (Å²) in [6.45, 7) is 7.03. The van der Waals surface area contributed by atoms with E-state index in [1.165, 1.54) is 36.9 Å². The molecule has 0 radical (unpaired) electrons. The van der Waals surface area contributed by atoms with E-state index in [9.17, 15) is 0 Å². The van der Waals surface area contributed by atoms with Gasteiger partial charge in [0, 0.05) is 8.80 Å². The van der Waals surface area contributed by atoms with Crippen LogP contribution in [0.4, 0.5) is 0 Å². The van der Waals surface area contributed by atoms with E-state index in [0.717, 1.165) is 5.54 Å². The van der Waals surface area contributed by atoms with Gasteiger partial charge in [-0.3, -0.25) is 0 Å². The Bertz CT molecular complexity index is 352. The van der Waals surface area contributed by atoms with Gasteiger partial charge < -0.3 is 0 Å². The van der Waals surface area contributed by atoms with Crippen molar-refractivity contribution in [1.29, 1.82) is 0 Å². The highest BCUT2D eigenvalue weighted by atomic mass is 28.3. The molecule has 0 N–H and O–H groups in total. The number of rotatable bonds is 3. The quantitative estimate of drug-likeness (QED) is 0.688. The van der Waals surface area contributed by atoms with Gasteiger partial charge >= 0.3 is 0 Å². The normalized spacial score (nSPS) is 19.9. The molecule has 0 nitrogen and oxygen atoms in total. The van der Waals surface area contributed by atoms with Crippen LogP contribution in [0.3, 0.4) is 0 Å². The van der Waals surface area contributed by atoms with Crippen molar-refractivity contribution >= 4 is 8.80 Å². The fourth-order valence-electron chi connectivity index (χ4n) is 3.27. The lowest BCUT2D eigenvalue weighted by atomic mass is 9.90. The average molecular weight is 232 g/mol. The number of benzene rings is 1. The predicted octanol–water partition coefficient (Wildman–Crippen LogP) is 4.12. The molecule has 1 aromatic carbocycles. The van der Waals surface area contributed by atoms with E-state index in [1.807, 2.05) is 0 Å². The summed E-state index contributed by atoms with van der Waals surface area (Å²) in [5.74, 6) is 0. The van der Waals surface area contributed by atoms with Crippen molar-refractivity contribution in [1.82, 2.24) is 0 Å². The van der Waals surface area contributed by atoms with Crippen LogP contribution in [-0.2, 0) is 12.8 Å². The van der Waals surface area contributed by atoms with E-state index in [1.54, 1.807) is 11.1 Å². The minimum atomic E-state index is -0.445. The fourth-order valence-corrected chi connectivity index (χ4v) is 6.41. The summed E-state index contributed by atoms with van der Waals surface area (Å²) in [4.78, 5) is 0. The molecule has 1 heteroatoms. The SMILES string of the molecule is CC[SiH](CC)[C@H]1CCc2cc(C)ccc2C1. The van der Waals surface area contributed by atoms with Gasteiger partial charge in [-0.05, 0) is 42.9 Å². The average Bonchev–Trinajstić information content (AvgIpc) is 2.31. The molecule has 0 saturated heterocycles. The molecule has 0 saturated carbocycles. The third-order valence-electron chi connectivity index (χ3n) is 4.34. The van der Waals surface area contributed by atoms with Crippen LogP contribution in [0.1, 0.15) is 37.0 Å². The third kappa shape index (κ3) is 2.40. The lowest BCUT2D eigenvalue weighted by Gasteiger charge is -2.29. The van der Waals surface area contributed by atoms with Gasteiger partial charge in [0.05, 0.1) is 0 Å². The van der Waals surface area contributed by atoms with Gasteiger partial charge in [-0.25, -0.2) is 0 Å². The smallest absolute Gasteiger partial charge is 0.0397 e. The standard InChI is InChI=1S/C15H24Si/c1-4-16(5-2)15-9-8-13-10-12(3)6-7-14(13)11-15/h6-7,10,15-16H,4-5,8-9,11H2,1-3H3/t15-/m0/s1. The zero-order valence-electron chi connectivity index (χ0n) is 10.9. The first-order valence-electron chi connectivity index (χ1n) is 6.83. The molecule has 0 aliphatic heterocycles. The van der Waals surface area contributed by atoms with E-state index >= 15 is 0 Å². The van der Waals surface area contributed by atoms with Gasteiger partial charge in [0.15, 0.2) is 0 Å². The summed E-state index contributed by atoms with van der Waals surface area (Å²) in [5.41, 5.74) is 5.79. The number of hydrogen-bond acceptors (Lipinski definition) is 0. The van der Waals surface area contributed by atoms with Crippen molar-refractivity contribution < 1.29 is 0 Å². The summed E-state index contributed by atoms with van der Waals surface area (Å²) in [5, 5.41) is 0. The van der Waals surface area contributed by atoms with E-state index in [-0.39, 0.29) is 0 Å². The summed E-state index contributed by atoms with van der Waals surface area (Å²) in [6, 6.07) is 10.0. The largest absolute Gasteiger partial charge is 0.0680 e. The summed E-state index contributed by atoms with van der Waals surface area (Å²) >= 11 is 0. The van der Waals surface area contributed by atoms with Crippen LogP contribution in [-0.4, -0.2) is 8.80 Å². The number of aryl methyl sites for hydroxylation is 2. The van der Waals surface area contributed by atoms with Gasteiger partial charge in [0.1, 0.15) is 0 Å². The fraction of sp³-hybridized carbons (Fsp3) is 0.600. The summed E-state index contributed by atoms with van der Waals surface area (Å²) < 4.78 is 0. The van der Waals surface area contributed by atoms with E-state index < -0.39 is 8.80 Å². The third-order valence-corrected chi connectivity index (χ3v) is 8.34. The molecule has 0 fully saturated rings. The minimum absolute atomic E-state index is 0.445. The Kier molecular flexibility index (Phi) is 3.85. The van der Waals surface area contributed by atoms with Crippen LogP contribution in [0, 0.1) is 6.92 Å². The number of hydrogen-bond donors (Lipinski definition) is 0. The molecule has 0 unspecified atom stereocenters. The zero-order valence-corrected chi connectivity index (χ0v) is 12.1. The maximum absolute atomic E-state index is 2.41. The van der Waals surface area contributed by atoms with E-state index in [0.29, 0.717) is 0 Å². The maximum atomic E-state index is 2.41. The maximum Gasteiger partial charge on any atom is 0.0397 e. The zero-order chi connectivity index (χ0) is 11.5. The van der Waals surface area contributed by atoms with Gasteiger partial charge in [-0.2, -0.15) is 0 Å². The minimum Gasteiger partial charge on any atom is -0.0680 e. The van der Waals surface area contributed by atoms with E-state index in [4.69, 9.17) is 0 Å². The molecule has 0 spiro atoms. The van der Waals surface area contributed by atoms with Crippen molar-refractivity contribution in [2.24, 2.45) is 0 Å². The van der Waals surface area contributed by atoms with Crippen molar-refractivity contribution in [3.8, 4) is 0 Å². The Morgan fingerprint density at radius 2 is 1.94 bits per heavy atom. The molecular weight excluding hydrogens is 208 g/mol. The van der Waals surface area contributed by atoms with Crippen LogP contribution in [0.2, 0.25) is 17.6 Å². The number of fused-ring (bicyclic) bond motifs is 1. The highest BCUT2D eigenvalue weighted by Crippen LogP contribution is 2.34. The topological polar surface area (TPSA) is 0 Å². The molecular formula is C15H24Si. The van der Waals surface area contributed by atoms with Crippen molar-refractivity contribution in [2.75, 3.05) is 0 Å². The van der Waals surface area contributed by atoms with Crippen LogP contribution in [0.5, 0.6) is 0 Å². The van der Waals surface area contributed by atoms with Crippen molar-refractivity contribution in [3.63, 3.8) is 0 Å². The molecule has 1 aromatic rings. The molecule has 0 aromatic heterocycles. The molecule has 1 aliphatic rings. The highest BCUT2D eigenvalue weighted by Gasteiger charge is 2.24. The second-order valence-corrected chi connectivity index (χ2v) is 9.45. The molecule has 88 valence electrons. The summed E-state index contributed by atoms with van der Waals surface area (Å²) in [7, 11) is -0.445. The predicted molar refractivity (Wildman–Crippen MR) is 75.1 cm³/mol. The lowest BCUT2D eigenvalue weighted by molar-refractivity contribution is 0.664. The van der Waals surface area contributed by atoms with E-state index in [2.05, 4.69) is 39.0 Å². The first-order valence-corrected chi connectivity index (χ1v) is 9.13. The van der Waals surface area contributed by atoms with Gasteiger partial charge in [0.2, 0.25) is 0 Å². The molecule has 0 bridgehead atoms. The van der Waals surface area contributed by atoms with Crippen molar-refractivity contribution in [3.05, 3.63) is 34.9 Å². The Morgan fingerprint density at radius 3 is 2.62 bits per heavy atom.